The molecule has 0 saturated heterocycles. The van der Waals surface area contributed by atoms with Gasteiger partial charge in [0.2, 0.25) is 11.8 Å². The third-order valence-electron chi connectivity index (χ3n) is 5.52. The van der Waals surface area contributed by atoms with Crippen LogP contribution in [0, 0.1) is 23.7 Å². The van der Waals surface area contributed by atoms with Gasteiger partial charge in [-0.25, -0.2) is 0 Å². The van der Waals surface area contributed by atoms with E-state index in [0.717, 1.165) is 24.0 Å². The first-order valence-corrected chi connectivity index (χ1v) is 9.73. The molecule has 1 aromatic rings. The van der Waals surface area contributed by atoms with Crippen LogP contribution in [0.25, 0.3) is 0 Å². The van der Waals surface area contributed by atoms with Crippen LogP contribution in [0.2, 0.25) is 0 Å². The molecule has 0 aliphatic heterocycles. The maximum absolute atomic E-state index is 12.7. The van der Waals surface area contributed by atoms with Gasteiger partial charge in [-0.2, -0.15) is 0 Å². The summed E-state index contributed by atoms with van der Waals surface area (Å²) in [6.07, 6.45) is 3.38. The summed E-state index contributed by atoms with van der Waals surface area (Å²) in [5.41, 5.74) is 7.36. The highest BCUT2D eigenvalue weighted by molar-refractivity contribution is 5.85. The summed E-state index contributed by atoms with van der Waals surface area (Å²) in [6.45, 7) is 7.72. The molecule has 4 N–H and O–H groups in total. The maximum Gasteiger partial charge on any atom is 0.234 e. The lowest BCUT2D eigenvalue weighted by Crippen LogP contribution is -2.39. The van der Waals surface area contributed by atoms with Gasteiger partial charge < -0.3 is 16.4 Å². The molecule has 5 nitrogen and oxygen atoms in total. The topological polar surface area (TPSA) is 84.2 Å². The van der Waals surface area contributed by atoms with Gasteiger partial charge in [0.1, 0.15) is 0 Å². The zero-order chi connectivity index (χ0) is 19.1. The van der Waals surface area contributed by atoms with Gasteiger partial charge >= 0.3 is 0 Å². The predicted molar refractivity (Wildman–Crippen MR) is 111 cm³/mol. The third-order valence-corrected chi connectivity index (χ3v) is 5.52. The van der Waals surface area contributed by atoms with Crippen molar-refractivity contribution in [2.75, 3.05) is 6.54 Å². The standard InChI is InChI=1S/C21H33N3O2.ClH/c1-14(2)18-9-4-15(3)10-19(18)21(26)24-13-17-7-5-16(6-8-17)12-23-20(25)11-22;/h5-8,14-15,18-19H,4,9-13,22H2,1-3H3,(H,23,25)(H,24,26);1H/t15-,18+,19-;/m1./s1. The number of rotatable bonds is 7. The van der Waals surface area contributed by atoms with E-state index in [0.29, 0.717) is 30.8 Å². The van der Waals surface area contributed by atoms with Gasteiger partial charge in [-0.05, 0) is 41.7 Å². The van der Waals surface area contributed by atoms with Crippen LogP contribution in [0.15, 0.2) is 24.3 Å². The van der Waals surface area contributed by atoms with Crippen LogP contribution >= 0.6 is 12.4 Å². The largest absolute Gasteiger partial charge is 0.352 e. The molecule has 1 saturated carbocycles. The number of hydrogen-bond acceptors (Lipinski definition) is 3. The van der Waals surface area contributed by atoms with Crippen LogP contribution in [0.5, 0.6) is 0 Å². The molecule has 1 fully saturated rings. The second-order valence-electron chi connectivity index (χ2n) is 7.95. The molecule has 0 bridgehead atoms. The molecule has 1 aliphatic carbocycles. The Balaban J connectivity index is 0.00000364. The maximum atomic E-state index is 12.7. The summed E-state index contributed by atoms with van der Waals surface area (Å²) in [5, 5.41) is 5.87. The number of nitrogens with one attached hydrogen (secondary N) is 2. The Morgan fingerprint density at radius 1 is 1.07 bits per heavy atom. The third kappa shape index (κ3) is 7.15. The lowest BCUT2D eigenvalue weighted by Gasteiger charge is -2.36. The normalized spacial score (nSPS) is 22.0. The minimum absolute atomic E-state index is 0. The molecule has 0 aromatic heterocycles. The van der Waals surface area contributed by atoms with Gasteiger partial charge in [0.05, 0.1) is 6.54 Å². The molecule has 1 aromatic carbocycles. The molecule has 0 heterocycles. The zero-order valence-corrected chi connectivity index (χ0v) is 17.5. The van der Waals surface area contributed by atoms with E-state index >= 15 is 0 Å². The van der Waals surface area contributed by atoms with E-state index in [9.17, 15) is 9.59 Å². The molecular formula is C21H34ClN3O2. The highest BCUT2D eigenvalue weighted by Crippen LogP contribution is 2.38. The van der Waals surface area contributed by atoms with Crippen LogP contribution in [0.1, 0.15) is 51.2 Å². The Hall–Kier alpha value is -1.59. The van der Waals surface area contributed by atoms with Gasteiger partial charge in [-0.15, -0.1) is 12.4 Å². The first-order valence-electron chi connectivity index (χ1n) is 9.73. The van der Waals surface area contributed by atoms with Crippen LogP contribution in [-0.2, 0) is 22.7 Å². The molecule has 3 atom stereocenters. The molecule has 2 amide bonds. The summed E-state index contributed by atoms with van der Waals surface area (Å²) < 4.78 is 0. The molecule has 152 valence electrons. The first-order chi connectivity index (χ1) is 12.4. The number of carbonyl (C=O) groups excluding carboxylic acids is 2. The van der Waals surface area contributed by atoms with Crippen molar-refractivity contribution in [1.29, 1.82) is 0 Å². The van der Waals surface area contributed by atoms with Crippen molar-refractivity contribution in [2.24, 2.45) is 29.4 Å². The van der Waals surface area contributed by atoms with E-state index in [1.807, 2.05) is 24.3 Å². The van der Waals surface area contributed by atoms with Crippen molar-refractivity contribution in [3.8, 4) is 0 Å². The number of benzene rings is 1. The molecule has 0 radical (unpaired) electrons. The van der Waals surface area contributed by atoms with E-state index in [4.69, 9.17) is 5.73 Å². The molecule has 27 heavy (non-hydrogen) atoms. The summed E-state index contributed by atoms with van der Waals surface area (Å²) in [7, 11) is 0. The molecular weight excluding hydrogens is 362 g/mol. The van der Waals surface area contributed by atoms with Gasteiger partial charge in [-0.3, -0.25) is 9.59 Å². The monoisotopic (exact) mass is 395 g/mol. The van der Waals surface area contributed by atoms with Gasteiger partial charge in [0.25, 0.3) is 0 Å². The number of nitrogens with two attached hydrogens (primary N) is 1. The highest BCUT2D eigenvalue weighted by atomic mass is 35.5. The summed E-state index contributed by atoms with van der Waals surface area (Å²) in [4.78, 5) is 23.9. The Labute approximate surface area is 169 Å². The average Bonchev–Trinajstić information content (AvgIpc) is 2.64. The molecule has 2 rings (SSSR count). The fraction of sp³-hybridized carbons (Fsp3) is 0.619. The van der Waals surface area contributed by atoms with E-state index in [1.54, 1.807) is 0 Å². The van der Waals surface area contributed by atoms with E-state index in [1.165, 1.54) is 6.42 Å². The Morgan fingerprint density at radius 3 is 2.15 bits per heavy atom. The molecule has 6 heteroatoms. The average molecular weight is 396 g/mol. The highest BCUT2D eigenvalue weighted by Gasteiger charge is 2.35. The minimum Gasteiger partial charge on any atom is -0.352 e. The lowest BCUT2D eigenvalue weighted by atomic mass is 9.70. The van der Waals surface area contributed by atoms with E-state index in [-0.39, 0.29) is 36.7 Å². The second-order valence-corrected chi connectivity index (χ2v) is 7.95. The van der Waals surface area contributed by atoms with Gasteiger partial charge in [0.15, 0.2) is 0 Å². The molecule has 1 aliphatic rings. The van der Waals surface area contributed by atoms with E-state index < -0.39 is 0 Å². The number of hydrogen-bond donors (Lipinski definition) is 3. The van der Waals surface area contributed by atoms with Crippen LogP contribution in [0.3, 0.4) is 0 Å². The van der Waals surface area contributed by atoms with Crippen molar-refractivity contribution in [3.63, 3.8) is 0 Å². The fourth-order valence-corrected chi connectivity index (χ4v) is 3.87. The number of amides is 2. The fourth-order valence-electron chi connectivity index (χ4n) is 3.87. The van der Waals surface area contributed by atoms with Crippen LogP contribution in [0.4, 0.5) is 0 Å². The van der Waals surface area contributed by atoms with Gasteiger partial charge in [-0.1, -0.05) is 51.5 Å². The van der Waals surface area contributed by atoms with E-state index in [2.05, 4.69) is 31.4 Å². The lowest BCUT2D eigenvalue weighted by molar-refractivity contribution is -0.129. The van der Waals surface area contributed by atoms with Crippen molar-refractivity contribution in [2.45, 2.75) is 53.1 Å². The minimum atomic E-state index is -0.164. The smallest absolute Gasteiger partial charge is 0.234 e. The Bertz CT molecular complexity index is 604. The number of halogens is 1. The Kier molecular flexibility index (Phi) is 9.81. The first kappa shape index (κ1) is 23.4. The van der Waals surface area contributed by atoms with Crippen molar-refractivity contribution < 1.29 is 9.59 Å². The second kappa shape index (κ2) is 11.3. The van der Waals surface area contributed by atoms with Crippen LogP contribution < -0.4 is 16.4 Å². The van der Waals surface area contributed by atoms with Crippen LogP contribution in [-0.4, -0.2) is 18.4 Å². The summed E-state index contributed by atoms with van der Waals surface area (Å²) in [5.74, 6) is 1.81. The Morgan fingerprint density at radius 2 is 1.63 bits per heavy atom. The van der Waals surface area contributed by atoms with Gasteiger partial charge in [0, 0.05) is 19.0 Å². The molecule has 0 unspecified atom stereocenters. The predicted octanol–water partition coefficient (Wildman–Crippen LogP) is 3.01. The zero-order valence-electron chi connectivity index (χ0n) is 16.7. The number of carbonyl (C=O) groups is 2. The van der Waals surface area contributed by atoms with Crippen molar-refractivity contribution >= 4 is 24.2 Å². The quantitative estimate of drug-likeness (QED) is 0.663. The summed E-state index contributed by atoms with van der Waals surface area (Å²) in [6, 6.07) is 7.93. The SMILES string of the molecule is CC(C)[C@@H]1CC[C@@H](C)C[C@H]1C(=O)NCc1ccc(CNC(=O)CN)cc1.Cl. The summed E-state index contributed by atoms with van der Waals surface area (Å²) >= 11 is 0. The van der Waals surface area contributed by atoms with Crippen molar-refractivity contribution in [1.82, 2.24) is 10.6 Å². The van der Waals surface area contributed by atoms with Crippen molar-refractivity contribution in [3.05, 3.63) is 35.4 Å². The molecule has 0 spiro atoms.